The van der Waals surface area contributed by atoms with Gasteiger partial charge in [-0.2, -0.15) is 4.31 Å². The van der Waals surface area contributed by atoms with E-state index in [2.05, 4.69) is 18.5 Å². The van der Waals surface area contributed by atoms with E-state index in [4.69, 9.17) is 4.74 Å². The number of benzene rings is 2. The second-order valence-corrected chi connectivity index (χ2v) is 7.55. The molecule has 1 amide bonds. The summed E-state index contributed by atoms with van der Waals surface area (Å²) in [6.07, 6.45) is 3.02. The molecule has 0 bridgehead atoms. The van der Waals surface area contributed by atoms with Crippen LogP contribution in [0.4, 0.5) is 5.69 Å². The van der Waals surface area contributed by atoms with E-state index < -0.39 is 10.0 Å². The molecule has 7 heteroatoms. The number of carbonyl (C=O) groups excluding carboxylic acids is 1. The van der Waals surface area contributed by atoms with E-state index in [1.807, 2.05) is 0 Å². The maximum Gasteiger partial charge on any atom is 0.255 e. The van der Waals surface area contributed by atoms with E-state index in [-0.39, 0.29) is 23.9 Å². The maximum atomic E-state index is 12.7. The first-order valence-electron chi connectivity index (χ1n) is 8.19. The van der Waals surface area contributed by atoms with Crippen molar-refractivity contribution >= 4 is 21.6 Å². The lowest BCUT2D eigenvalue weighted by Gasteiger charge is -2.19. The molecular formula is C20H22N2O4S. The second-order valence-electron chi connectivity index (χ2n) is 5.61. The summed E-state index contributed by atoms with van der Waals surface area (Å²) in [5, 5.41) is 2.75. The van der Waals surface area contributed by atoms with Crippen molar-refractivity contribution in [2.75, 3.05) is 25.5 Å². The van der Waals surface area contributed by atoms with Gasteiger partial charge in [-0.15, -0.1) is 13.2 Å². The molecule has 0 fully saturated rings. The van der Waals surface area contributed by atoms with Gasteiger partial charge in [-0.1, -0.05) is 18.2 Å². The summed E-state index contributed by atoms with van der Waals surface area (Å²) in [5.41, 5.74) is 0.926. The predicted octanol–water partition coefficient (Wildman–Crippen LogP) is 3.31. The molecule has 0 saturated heterocycles. The van der Waals surface area contributed by atoms with Gasteiger partial charge >= 0.3 is 0 Å². The highest BCUT2D eigenvalue weighted by Gasteiger charge is 2.22. The zero-order valence-corrected chi connectivity index (χ0v) is 15.9. The average molecular weight is 386 g/mol. The van der Waals surface area contributed by atoms with E-state index >= 15 is 0 Å². The average Bonchev–Trinajstić information content (AvgIpc) is 2.68. The van der Waals surface area contributed by atoms with E-state index in [1.165, 1.54) is 40.7 Å². The van der Waals surface area contributed by atoms with Crippen LogP contribution in [0.5, 0.6) is 5.75 Å². The number of rotatable bonds is 9. The van der Waals surface area contributed by atoms with Gasteiger partial charge in [0.25, 0.3) is 5.91 Å². The van der Waals surface area contributed by atoms with Gasteiger partial charge in [0, 0.05) is 30.4 Å². The molecule has 0 unspecified atom stereocenters. The van der Waals surface area contributed by atoms with Gasteiger partial charge in [-0.05, 0) is 36.4 Å². The van der Waals surface area contributed by atoms with Gasteiger partial charge in [0.1, 0.15) is 5.75 Å². The first-order valence-corrected chi connectivity index (χ1v) is 9.63. The highest BCUT2D eigenvalue weighted by Crippen LogP contribution is 2.19. The Kier molecular flexibility index (Phi) is 6.92. The molecule has 2 aromatic carbocycles. The Labute approximate surface area is 159 Å². The van der Waals surface area contributed by atoms with Gasteiger partial charge in [0.05, 0.1) is 12.0 Å². The Morgan fingerprint density at radius 3 is 2.30 bits per heavy atom. The number of methoxy groups -OCH3 is 1. The monoisotopic (exact) mass is 386 g/mol. The van der Waals surface area contributed by atoms with Gasteiger partial charge in [0.15, 0.2) is 0 Å². The van der Waals surface area contributed by atoms with Gasteiger partial charge < -0.3 is 10.1 Å². The van der Waals surface area contributed by atoms with E-state index in [9.17, 15) is 13.2 Å². The summed E-state index contributed by atoms with van der Waals surface area (Å²) in [4.78, 5) is 12.5. The minimum absolute atomic E-state index is 0.101. The Morgan fingerprint density at radius 1 is 1.11 bits per heavy atom. The Hall–Kier alpha value is -2.90. The quantitative estimate of drug-likeness (QED) is 0.671. The Morgan fingerprint density at radius 2 is 1.74 bits per heavy atom. The van der Waals surface area contributed by atoms with E-state index in [1.54, 1.807) is 31.4 Å². The number of hydrogen-bond acceptors (Lipinski definition) is 4. The van der Waals surface area contributed by atoms with Crippen LogP contribution in [0.1, 0.15) is 10.4 Å². The lowest BCUT2D eigenvalue weighted by molar-refractivity contribution is 0.102. The highest BCUT2D eigenvalue weighted by molar-refractivity contribution is 7.89. The minimum atomic E-state index is -3.69. The molecule has 2 rings (SSSR count). The van der Waals surface area contributed by atoms with Crippen molar-refractivity contribution in [1.29, 1.82) is 0 Å². The van der Waals surface area contributed by atoms with Crippen LogP contribution in [-0.4, -0.2) is 38.8 Å². The predicted molar refractivity (Wildman–Crippen MR) is 107 cm³/mol. The SMILES string of the molecule is C=CCN(CC=C)S(=O)(=O)c1ccc(C(=O)Nc2cccc(OC)c2)cc1. The van der Waals surface area contributed by atoms with Crippen molar-refractivity contribution < 1.29 is 17.9 Å². The lowest BCUT2D eigenvalue weighted by atomic mass is 10.2. The van der Waals surface area contributed by atoms with Crippen molar-refractivity contribution in [3.8, 4) is 5.75 Å². The molecule has 142 valence electrons. The molecule has 0 heterocycles. The summed E-state index contributed by atoms with van der Waals surface area (Å²) >= 11 is 0. The summed E-state index contributed by atoms with van der Waals surface area (Å²) in [5.74, 6) is 0.278. The molecule has 0 saturated carbocycles. The fourth-order valence-corrected chi connectivity index (χ4v) is 3.77. The zero-order valence-electron chi connectivity index (χ0n) is 15.1. The van der Waals surface area contributed by atoms with Crippen molar-refractivity contribution in [3.63, 3.8) is 0 Å². The third kappa shape index (κ3) is 5.06. The van der Waals surface area contributed by atoms with Gasteiger partial charge in [0.2, 0.25) is 10.0 Å². The van der Waals surface area contributed by atoms with Crippen LogP contribution in [0.2, 0.25) is 0 Å². The van der Waals surface area contributed by atoms with Crippen LogP contribution >= 0.6 is 0 Å². The smallest absolute Gasteiger partial charge is 0.255 e. The molecule has 0 aliphatic heterocycles. The molecule has 27 heavy (non-hydrogen) atoms. The molecule has 0 aliphatic rings. The minimum Gasteiger partial charge on any atom is -0.497 e. The number of nitrogens with zero attached hydrogens (tertiary/aromatic N) is 1. The summed E-state index contributed by atoms with van der Waals surface area (Å²) in [7, 11) is -2.15. The third-order valence-corrected chi connectivity index (χ3v) is 5.59. The summed E-state index contributed by atoms with van der Waals surface area (Å²) < 4.78 is 31.7. The molecular weight excluding hydrogens is 364 g/mol. The normalized spacial score (nSPS) is 11.0. The number of hydrogen-bond donors (Lipinski definition) is 1. The number of amides is 1. The molecule has 0 spiro atoms. The first kappa shape index (κ1) is 20.4. The number of ether oxygens (including phenoxy) is 1. The fraction of sp³-hybridized carbons (Fsp3) is 0.150. The van der Waals surface area contributed by atoms with E-state index in [0.29, 0.717) is 17.0 Å². The molecule has 0 aliphatic carbocycles. The number of anilines is 1. The summed E-state index contributed by atoms with van der Waals surface area (Å²) in [6.45, 7) is 7.50. The van der Waals surface area contributed by atoms with Crippen LogP contribution < -0.4 is 10.1 Å². The lowest BCUT2D eigenvalue weighted by Crippen LogP contribution is -2.31. The molecule has 0 aromatic heterocycles. The van der Waals surface area contributed by atoms with Crippen molar-refractivity contribution in [3.05, 3.63) is 79.4 Å². The summed E-state index contributed by atoms with van der Waals surface area (Å²) in [6, 6.07) is 12.7. The topological polar surface area (TPSA) is 75.7 Å². The Balaban J connectivity index is 2.19. The largest absolute Gasteiger partial charge is 0.497 e. The number of sulfonamides is 1. The van der Waals surface area contributed by atoms with Gasteiger partial charge in [-0.3, -0.25) is 4.79 Å². The molecule has 1 N–H and O–H groups in total. The molecule has 2 aromatic rings. The first-order chi connectivity index (χ1) is 12.9. The Bertz CT molecular complexity index is 911. The number of nitrogens with one attached hydrogen (secondary N) is 1. The van der Waals surface area contributed by atoms with Crippen LogP contribution in [0, 0.1) is 0 Å². The van der Waals surface area contributed by atoms with Crippen LogP contribution in [0.15, 0.2) is 78.7 Å². The molecule has 0 atom stereocenters. The van der Waals surface area contributed by atoms with Crippen LogP contribution in [-0.2, 0) is 10.0 Å². The van der Waals surface area contributed by atoms with Crippen LogP contribution in [0.3, 0.4) is 0 Å². The zero-order chi connectivity index (χ0) is 19.9. The van der Waals surface area contributed by atoms with Gasteiger partial charge in [-0.25, -0.2) is 8.42 Å². The highest BCUT2D eigenvalue weighted by atomic mass is 32.2. The molecule has 6 nitrogen and oxygen atoms in total. The van der Waals surface area contributed by atoms with Crippen molar-refractivity contribution in [2.24, 2.45) is 0 Å². The standard InChI is InChI=1S/C20H22N2O4S/c1-4-13-22(14-5-2)27(24,25)19-11-9-16(10-12-19)20(23)21-17-7-6-8-18(15-17)26-3/h4-12,15H,1-2,13-14H2,3H3,(H,21,23). The van der Waals surface area contributed by atoms with Crippen molar-refractivity contribution in [1.82, 2.24) is 4.31 Å². The van der Waals surface area contributed by atoms with Crippen molar-refractivity contribution in [2.45, 2.75) is 4.90 Å². The number of carbonyl (C=O) groups is 1. The third-order valence-electron chi connectivity index (χ3n) is 3.75. The molecule has 0 radical (unpaired) electrons. The van der Waals surface area contributed by atoms with E-state index in [0.717, 1.165) is 0 Å². The fourth-order valence-electron chi connectivity index (χ4n) is 2.39. The second kappa shape index (κ2) is 9.16. The van der Waals surface area contributed by atoms with Crippen LogP contribution in [0.25, 0.3) is 0 Å². The maximum absolute atomic E-state index is 12.7.